The van der Waals surface area contributed by atoms with Crippen LogP contribution in [-0.4, -0.2) is 23.5 Å². The van der Waals surface area contributed by atoms with Crippen LogP contribution in [0.25, 0.3) is 0 Å². The minimum Gasteiger partial charge on any atom is -0.298 e. The Labute approximate surface area is 70.1 Å². The first-order valence-corrected chi connectivity index (χ1v) is 4.51. The van der Waals surface area contributed by atoms with Crippen molar-refractivity contribution in [3.05, 3.63) is 12.2 Å². The lowest BCUT2D eigenvalue weighted by Gasteiger charge is -2.45. The molecule has 0 amide bonds. The van der Waals surface area contributed by atoms with Crippen molar-refractivity contribution in [2.24, 2.45) is 0 Å². The van der Waals surface area contributed by atoms with Crippen LogP contribution in [0.5, 0.6) is 0 Å². The van der Waals surface area contributed by atoms with Gasteiger partial charge in [-0.25, -0.2) is 0 Å². The van der Waals surface area contributed by atoms with Crippen LogP contribution in [0.15, 0.2) is 12.2 Å². The molecule has 0 aromatic carbocycles. The minimum absolute atomic E-state index is 0.810. The zero-order valence-electron chi connectivity index (χ0n) is 7.93. The highest BCUT2D eigenvalue weighted by molar-refractivity contribution is 4.93. The van der Waals surface area contributed by atoms with Gasteiger partial charge in [0.05, 0.1) is 0 Å². The van der Waals surface area contributed by atoms with Gasteiger partial charge in [-0.15, -0.1) is 6.58 Å². The zero-order chi connectivity index (χ0) is 8.43. The first-order chi connectivity index (χ1) is 5.11. The van der Waals surface area contributed by atoms with Crippen LogP contribution in [0.1, 0.15) is 33.6 Å². The molecule has 1 aliphatic rings. The molecular weight excluding hydrogens is 134 g/mol. The number of hydrogen-bond acceptors (Lipinski definition) is 1. The quantitative estimate of drug-likeness (QED) is 0.563. The van der Waals surface area contributed by atoms with Crippen LogP contribution < -0.4 is 0 Å². The fraction of sp³-hybridized carbons (Fsp3) is 0.800. The number of rotatable bonds is 3. The van der Waals surface area contributed by atoms with E-state index in [0.29, 0.717) is 0 Å². The smallest absolute Gasteiger partial charge is 0.00846 e. The normalized spacial score (nSPS) is 31.5. The first-order valence-electron chi connectivity index (χ1n) is 4.51. The van der Waals surface area contributed by atoms with Crippen LogP contribution in [-0.2, 0) is 0 Å². The summed E-state index contributed by atoms with van der Waals surface area (Å²) in [4.78, 5) is 2.55. The van der Waals surface area contributed by atoms with Gasteiger partial charge in [0, 0.05) is 18.6 Å². The van der Waals surface area contributed by atoms with Crippen molar-refractivity contribution in [2.75, 3.05) is 6.54 Å². The molecule has 1 aliphatic heterocycles. The monoisotopic (exact) mass is 153 g/mol. The van der Waals surface area contributed by atoms with E-state index in [-0.39, 0.29) is 0 Å². The summed E-state index contributed by atoms with van der Waals surface area (Å²) in [5.41, 5.74) is 1.30. The fourth-order valence-electron chi connectivity index (χ4n) is 1.82. The molecule has 0 N–H and O–H groups in total. The van der Waals surface area contributed by atoms with Crippen molar-refractivity contribution in [3.63, 3.8) is 0 Å². The molecule has 1 heterocycles. The SMILES string of the molecule is C=C(C)CCN1C(C)CC1C. The summed E-state index contributed by atoms with van der Waals surface area (Å²) in [6.07, 6.45) is 2.53. The Balaban J connectivity index is 2.20. The van der Waals surface area contributed by atoms with Crippen LogP contribution >= 0.6 is 0 Å². The maximum atomic E-state index is 3.91. The van der Waals surface area contributed by atoms with Crippen molar-refractivity contribution >= 4 is 0 Å². The Hall–Kier alpha value is -0.300. The molecule has 2 unspecified atom stereocenters. The molecule has 0 spiro atoms. The number of nitrogens with zero attached hydrogens (tertiary/aromatic N) is 1. The van der Waals surface area contributed by atoms with Gasteiger partial charge in [0.25, 0.3) is 0 Å². The molecule has 11 heavy (non-hydrogen) atoms. The highest BCUT2D eigenvalue weighted by atomic mass is 15.2. The van der Waals surface area contributed by atoms with Gasteiger partial charge in [-0.05, 0) is 33.6 Å². The van der Waals surface area contributed by atoms with E-state index in [9.17, 15) is 0 Å². The molecule has 1 rings (SSSR count). The third-order valence-corrected chi connectivity index (χ3v) is 2.61. The van der Waals surface area contributed by atoms with Gasteiger partial charge >= 0.3 is 0 Å². The molecule has 0 radical (unpaired) electrons. The van der Waals surface area contributed by atoms with E-state index < -0.39 is 0 Å². The second-order valence-corrected chi connectivity index (χ2v) is 3.88. The number of hydrogen-bond donors (Lipinski definition) is 0. The second kappa shape index (κ2) is 3.40. The van der Waals surface area contributed by atoms with E-state index in [1.165, 1.54) is 18.5 Å². The van der Waals surface area contributed by atoms with Gasteiger partial charge in [0.2, 0.25) is 0 Å². The molecular formula is C10H19N. The Morgan fingerprint density at radius 2 is 2.00 bits per heavy atom. The van der Waals surface area contributed by atoms with Crippen molar-refractivity contribution in [1.82, 2.24) is 4.90 Å². The third kappa shape index (κ3) is 2.06. The van der Waals surface area contributed by atoms with Crippen LogP contribution in [0.2, 0.25) is 0 Å². The summed E-state index contributed by atoms with van der Waals surface area (Å²) in [7, 11) is 0. The van der Waals surface area contributed by atoms with E-state index in [1.54, 1.807) is 0 Å². The van der Waals surface area contributed by atoms with E-state index in [1.807, 2.05) is 0 Å². The molecule has 0 aliphatic carbocycles. The van der Waals surface area contributed by atoms with Gasteiger partial charge in [-0.1, -0.05) is 5.57 Å². The van der Waals surface area contributed by atoms with Crippen molar-refractivity contribution in [3.8, 4) is 0 Å². The zero-order valence-corrected chi connectivity index (χ0v) is 7.93. The maximum absolute atomic E-state index is 3.91. The predicted octanol–water partition coefficient (Wildman–Crippen LogP) is 2.44. The molecule has 1 saturated heterocycles. The largest absolute Gasteiger partial charge is 0.298 e. The van der Waals surface area contributed by atoms with E-state index in [4.69, 9.17) is 0 Å². The highest BCUT2D eigenvalue weighted by Gasteiger charge is 2.30. The Morgan fingerprint density at radius 3 is 2.36 bits per heavy atom. The lowest BCUT2D eigenvalue weighted by Crippen LogP contribution is -2.52. The first kappa shape index (κ1) is 8.79. The minimum atomic E-state index is 0.810. The van der Waals surface area contributed by atoms with E-state index >= 15 is 0 Å². The molecule has 0 aromatic heterocycles. The average Bonchev–Trinajstić information content (AvgIpc) is 1.86. The third-order valence-electron chi connectivity index (χ3n) is 2.61. The fourth-order valence-corrected chi connectivity index (χ4v) is 1.82. The molecule has 64 valence electrons. The predicted molar refractivity (Wildman–Crippen MR) is 49.7 cm³/mol. The standard InChI is InChI=1S/C10H19N/c1-8(2)5-6-11-9(3)7-10(11)4/h9-10H,1,5-7H2,2-4H3. The van der Waals surface area contributed by atoms with Gasteiger partial charge in [-0.3, -0.25) is 4.90 Å². The van der Waals surface area contributed by atoms with Crippen LogP contribution in [0, 0.1) is 0 Å². The summed E-state index contributed by atoms with van der Waals surface area (Å²) in [6.45, 7) is 11.8. The summed E-state index contributed by atoms with van der Waals surface area (Å²) >= 11 is 0. The molecule has 2 atom stereocenters. The van der Waals surface area contributed by atoms with E-state index in [0.717, 1.165) is 18.5 Å². The average molecular weight is 153 g/mol. The number of likely N-dealkylation sites (tertiary alicyclic amines) is 1. The Kier molecular flexibility index (Phi) is 2.72. The molecule has 0 aromatic rings. The summed E-state index contributed by atoms with van der Waals surface area (Å²) in [5, 5.41) is 0. The highest BCUT2D eigenvalue weighted by Crippen LogP contribution is 2.24. The lowest BCUT2D eigenvalue weighted by atomic mass is 9.95. The lowest BCUT2D eigenvalue weighted by molar-refractivity contribution is 0.0395. The van der Waals surface area contributed by atoms with Crippen molar-refractivity contribution < 1.29 is 0 Å². The topological polar surface area (TPSA) is 3.24 Å². The summed E-state index contributed by atoms with van der Waals surface area (Å²) in [6, 6.07) is 1.62. The van der Waals surface area contributed by atoms with Crippen molar-refractivity contribution in [2.45, 2.75) is 45.7 Å². The second-order valence-electron chi connectivity index (χ2n) is 3.88. The Morgan fingerprint density at radius 1 is 1.45 bits per heavy atom. The summed E-state index contributed by atoms with van der Waals surface area (Å²) in [5.74, 6) is 0. The molecule has 0 bridgehead atoms. The molecule has 1 fully saturated rings. The van der Waals surface area contributed by atoms with Gasteiger partial charge in [0.15, 0.2) is 0 Å². The Bertz CT molecular complexity index is 143. The molecule has 1 heteroatoms. The van der Waals surface area contributed by atoms with Crippen LogP contribution in [0.4, 0.5) is 0 Å². The van der Waals surface area contributed by atoms with Crippen molar-refractivity contribution in [1.29, 1.82) is 0 Å². The maximum Gasteiger partial charge on any atom is 0.00846 e. The summed E-state index contributed by atoms with van der Waals surface area (Å²) < 4.78 is 0. The molecule has 0 saturated carbocycles. The van der Waals surface area contributed by atoms with Gasteiger partial charge < -0.3 is 0 Å². The van der Waals surface area contributed by atoms with Gasteiger partial charge in [0.1, 0.15) is 0 Å². The van der Waals surface area contributed by atoms with Crippen LogP contribution in [0.3, 0.4) is 0 Å². The van der Waals surface area contributed by atoms with Gasteiger partial charge in [-0.2, -0.15) is 0 Å². The molecule has 1 nitrogen and oxygen atoms in total. The van der Waals surface area contributed by atoms with E-state index in [2.05, 4.69) is 32.3 Å².